The summed E-state index contributed by atoms with van der Waals surface area (Å²) in [7, 11) is -11.9. The molecule has 8 aliphatic rings. The molecule has 14 rings (SSSR count). The molecule has 0 N–H and O–H groups in total. The molecule has 6 aromatic carbocycles. The Kier molecular flexibility index (Phi) is 36.9. The van der Waals surface area contributed by atoms with Crippen LogP contribution in [-0.4, -0.2) is 88.0 Å². The first kappa shape index (κ1) is 93.3. The van der Waals surface area contributed by atoms with E-state index in [1.807, 2.05) is 0 Å². The molecule has 0 saturated heterocycles. The van der Waals surface area contributed by atoms with Crippen molar-refractivity contribution in [3.63, 3.8) is 0 Å². The Morgan fingerprint density at radius 1 is 0.437 bits per heavy atom. The molecule has 8 aliphatic carbocycles. The zero-order valence-corrected chi connectivity index (χ0v) is 60.7. The van der Waals surface area contributed by atoms with Crippen molar-refractivity contribution in [1.29, 1.82) is 0 Å². The van der Waals surface area contributed by atoms with Gasteiger partial charge in [-0.25, -0.2) is 16.8 Å². The second kappa shape index (κ2) is 40.8. The van der Waals surface area contributed by atoms with E-state index in [-0.39, 0.29) is 95.9 Å². The Bertz CT molecular complexity index is 3430. The van der Waals surface area contributed by atoms with Gasteiger partial charge in [0.25, 0.3) is 0 Å². The van der Waals surface area contributed by atoms with Gasteiger partial charge in [0.2, 0.25) is 0 Å². The summed E-state index contributed by atoms with van der Waals surface area (Å²) in [5, 5.41) is -9.13. The first-order valence-electron chi connectivity index (χ1n) is 32.3. The van der Waals surface area contributed by atoms with Crippen LogP contribution in [0.3, 0.4) is 0 Å². The zero-order chi connectivity index (χ0) is 69.1. The second-order valence-electron chi connectivity index (χ2n) is 26.1. The molecular weight excluding hydrogens is 1410 g/mol. The summed E-state index contributed by atoms with van der Waals surface area (Å²) in [5.41, 5.74) is 3.11. The molecule has 6 aromatic rings. The number of aryl methyl sites for hydroxylation is 4. The smallest absolute Gasteiger partial charge is 0.743 e. The Morgan fingerprint density at radius 3 is 0.864 bits per heavy atom. The first-order valence-corrected chi connectivity index (χ1v) is 37.5. The Labute approximate surface area is 640 Å². The molecule has 8 saturated carbocycles. The molecule has 0 unspecified atom stereocenters. The van der Waals surface area contributed by atoms with Gasteiger partial charge < -0.3 is 37.5 Å². The van der Waals surface area contributed by atoms with E-state index in [9.17, 15) is 53.1 Å². The standard InChI is InChI=1S/2C24H25O2S.2C13H18F2O5S.6CH4.Na/c2*1-4-25-15-16-26-24-19(2)17-23(18-20(24)3)27(21-11-7-5-8-12-21)22-13-9-6-10-14-22;2*14-13(15,21(17,18)19)7-20-11(16)12-4-8-1-9(5-12)3-10(2-8)6-12;;;;;;;/h2*4-14,17-18H,1,15-16H2,2-3H3;2*8-10H,1-7H2,(H,17,18,19);6*1H4;/q2*+1;;;;;;;;;+1/p-2. The maximum absolute atomic E-state index is 13.1. The fourth-order valence-electron chi connectivity index (χ4n) is 15.6. The van der Waals surface area contributed by atoms with E-state index in [1.165, 1.54) is 41.9 Å². The molecule has 564 valence electrons. The largest absolute Gasteiger partial charge is 1.00 e. The van der Waals surface area contributed by atoms with Crippen LogP contribution in [-0.2, 0) is 70.6 Å². The maximum atomic E-state index is 13.1. The molecule has 0 aromatic heterocycles. The summed E-state index contributed by atoms with van der Waals surface area (Å²) >= 11 is 0. The van der Waals surface area contributed by atoms with Crippen molar-refractivity contribution in [3.8, 4) is 11.5 Å². The van der Waals surface area contributed by atoms with Gasteiger partial charge in [0.15, 0.2) is 62.8 Å². The number of halogens is 4. The van der Waals surface area contributed by atoms with Crippen molar-refractivity contribution in [2.75, 3.05) is 39.6 Å². The van der Waals surface area contributed by atoms with Crippen molar-refractivity contribution < 1.29 is 111 Å². The van der Waals surface area contributed by atoms with Crippen molar-refractivity contribution in [2.45, 2.75) is 189 Å². The predicted molar refractivity (Wildman–Crippen MR) is 398 cm³/mol. The molecule has 8 fully saturated rings. The average Bonchev–Trinajstić information content (AvgIpc) is 0.748. The summed E-state index contributed by atoms with van der Waals surface area (Å²) in [4.78, 5) is 32.3. The number of alkyl halides is 4. The van der Waals surface area contributed by atoms with Gasteiger partial charge >= 0.3 is 52.0 Å². The summed E-state index contributed by atoms with van der Waals surface area (Å²) in [5.74, 6) is 2.99. The number of hydrogen-bond acceptors (Lipinski definition) is 14. The summed E-state index contributed by atoms with van der Waals surface area (Å²) < 4.78 is 146. The average molecular weight is 1520 g/mol. The molecule has 0 heterocycles. The predicted octanol–water partition coefficient (Wildman–Crippen LogP) is 16.5. The number of rotatable bonds is 24. The van der Waals surface area contributed by atoms with Crippen molar-refractivity contribution in [2.24, 2.45) is 46.3 Å². The molecule has 23 heteroatoms. The van der Waals surface area contributed by atoms with E-state index < -0.39 is 66.7 Å². The van der Waals surface area contributed by atoms with Crippen LogP contribution in [0.15, 0.2) is 201 Å². The normalized spacial score (nSPS) is 21.3. The van der Waals surface area contributed by atoms with Crippen LogP contribution in [0, 0.1) is 74.0 Å². The topological polar surface area (TPSA) is 204 Å². The van der Waals surface area contributed by atoms with Crippen LogP contribution in [0.4, 0.5) is 17.6 Å². The van der Waals surface area contributed by atoms with Gasteiger partial charge in [0.1, 0.15) is 37.9 Å². The summed E-state index contributed by atoms with van der Waals surface area (Å²) in [6.45, 7) is 14.2. The quantitative estimate of drug-likeness (QED) is 0.0105. The SMILES string of the molecule is C.C.C.C.C.C.C=COCCOc1c(C)cc([S+](c2ccccc2)c2ccccc2)cc1C.C=COCCOc1c(C)cc([S+](c2ccccc2)c2ccccc2)cc1C.O=C(OCC(F)(F)S(=O)(=O)[O-])C12CC3CC(CC(C3)C1)C2.O=C(OCC(F)(F)S(=O)(=O)[O-])C12CC3CC(CC(C3)C1)C2.[Na+]. The van der Waals surface area contributed by atoms with E-state index in [4.69, 9.17) is 18.9 Å². The third-order valence-corrected chi connectivity index (χ3v) is 24.9. The second-order valence-corrected chi connectivity index (χ2v) is 33.2. The molecule has 14 nitrogen and oxygen atoms in total. The molecule has 0 spiro atoms. The third-order valence-electron chi connectivity index (χ3n) is 18.8. The molecule has 8 bridgehead atoms. The molecule has 0 radical (unpaired) electrons. The van der Waals surface area contributed by atoms with Gasteiger partial charge in [-0.3, -0.25) is 9.59 Å². The van der Waals surface area contributed by atoms with Crippen LogP contribution < -0.4 is 39.0 Å². The number of esters is 2. The van der Waals surface area contributed by atoms with E-state index >= 15 is 0 Å². The van der Waals surface area contributed by atoms with Crippen LogP contribution in [0.25, 0.3) is 0 Å². The van der Waals surface area contributed by atoms with Gasteiger partial charge in [0, 0.05) is 24.3 Å². The minimum Gasteiger partial charge on any atom is -0.743 e. The monoisotopic (exact) mass is 1520 g/mol. The van der Waals surface area contributed by atoms with Crippen molar-refractivity contribution in [3.05, 3.63) is 194 Å². The maximum Gasteiger partial charge on any atom is 1.00 e. The fourth-order valence-corrected chi connectivity index (χ4v) is 20.5. The van der Waals surface area contributed by atoms with E-state index in [2.05, 4.69) is 196 Å². The van der Waals surface area contributed by atoms with Crippen LogP contribution in [0.1, 0.15) is 144 Å². The number of carbonyl (C=O) groups is 2. The third kappa shape index (κ3) is 23.6. The summed E-state index contributed by atoms with van der Waals surface area (Å²) in [6, 6.07) is 51.8. The van der Waals surface area contributed by atoms with E-state index in [0.717, 1.165) is 72.3 Å². The number of ether oxygens (including phenoxy) is 6. The van der Waals surface area contributed by atoms with Gasteiger partial charge in [-0.15, -0.1) is 0 Å². The van der Waals surface area contributed by atoms with Gasteiger partial charge in [-0.2, -0.15) is 17.6 Å². The number of hydrogen-bond donors (Lipinski definition) is 0. The Hall–Kier alpha value is -5.82. The van der Waals surface area contributed by atoms with Crippen LogP contribution in [0.5, 0.6) is 11.5 Å². The minimum atomic E-state index is -5.81. The minimum absolute atomic E-state index is 0. The van der Waals surface area contributed by atoms with Gasteiger partial charge in [-0.1, -0.05) is 131 Å². The van der Waals surface area contributed by atoms with Gasteiger partial charge in [-0.05, 0) is 211 Å². The van der Waals surface area contributed by atoms with Crippen LogP contribution >= 0.6 is 0 Å². The number of carbonyl (C=O) groups excluding carboxylic acids is 2. The van der Waals surface area contributed by atoms with Crippen molar-refractivity contribution >= 4 is 54.0 Å². The molecule has 0 amide bonds. The summed E-state index contributed by atoms with van der Waals surface area (Å²) in [6.07, 6.45) is 13.2. The molecule has 103 heavy (non-hydrogen) atoms. The van der Waals surface area contributed by atoms with E-state index in [0.29, 0.717) is 100 Å². The first-order chi connectivity index (χ1) is 45.6. The van der Waals surface area contributed by atoms with Crippen LogP contribution in [0.2, 0.25) is 0 Å². The molecule has 0 aliphatic heterocycles. The Balaban J connectivity index is 0.000000459. The zero-order valence-electron chi connectivity index (χ0n) is 55.5. The van der Waals surface area contributed by atoms with E-state index in [1.54, 1.807) is 0 Å². The van der Waals surface area contributed by atoms with Gasteiger partial charge in [0.05, 0.1) is 45.1 Å². The fraction of sp³-hybridized carbons (Fsp3) is 0.475. The molecule has 0 atom stereocenters. The Morgan fingerprint density at radius 2 is 0.660 bits per heavy atom. The van der Waals surface area contributed by atoms with Crippen molar-refractivity contribution in [1.82, 2.24) is 0 Å². The molecular formula is C80H108F4NaO14S4+. The number of benzene rings is 6.